The molecule has 1 atom stereocenters. The van der Waals surface area contributed by atoms with Gasteiger partial charge in [-0.3, -0.25) is 0 Å². The van der Waals surface area contributed by atoms with Gasteiger partial charge in [0.25, 0.3) is 0 Å². The number of halogens is 2. The first-order valence-corrected chi connectivity index (χ1v) is 7.16. The number of rotatable bonds is 4. The van der Waals surface area contributed by atoms with Crippen molar-refractivity contribution in [1.29, 1.82) is 0 Å². The van der Waals surface area contributed by atoms with Crippen LogP contribution in [0.2, 0.25) is 0 Å². The van der Waals surface area contributed by atoms with Gasteiger partial charge in [-0.25, -0.2) is 4.39 Å². The fourth-order valence-electron chi connectivity index (χ4n) is 2.00. The monoisotopic (exact) mass is 337 g/mol. The summed E-state index contributed by atoms with van der Waals surface area (Å²) in [6.07, 6.45) is 0. The number of nitrogens with one attached hydrogen (secondary N) is 1. The number of aryl methyl sites for hydroxylation is 1. The summed E-state index contributed by atoms with van der Waals surface area (Å²) in [5.74, 6) is -0.267. The van der Waals surface area contributed by atoms with E-state index in [1.54, 1.807) is 13.0 Å². The summed E-state index contributed by atoms with van der Waals surface area (Å²) in [6, 6.07) is 12.7. The molecule has 2 nitrogen and oxygen atoms in total. The van der Waals surface area contributed by atoms with E-state index in [1.807, 2.05) is 37.3 Å². The lowest BCUT2D eigenvalue weighted by Crippen LogP contribution is -2.36. The maximum Gasteiger partial charge on any atom is 0.126 e. The average Bonchev–Trinajstić information content (AvgIpc) is 2.44. The molecule has 106 valence electrons. The first-order valence-electron chi connectivity index (χ1n) is 6.36. The second kappa shape index (κ2) is 5.94. The van der Waals surface area contributed by atoms with E-state index in [9.17, 15) is 9.50 Å². The van der Waals surface area contributed by atoms with Crippen molar-refractivity contribution < 1.29 is 9.50 Å². The number of hydrogen-bond acceptors (Lipinski definition) is 2. The highest BCUT2D eigenvalue weighted by molar-refractivity contribution is 9.10. The molecule has 2 aromatic rings. The van der Waals surface area contributed by atoms with Crippen molar-refractivity contribution in [3.63, 3.8) is 0 Å². The van der Waals surface area contributed by atoms with Gasteiger partial charge >= 0.3 is 0 Å². The molecule has 0 aliphatic carbocycles. The summed E-state index contributed by atoms with van der Waals surface area (Å²) in [5.41, 5.74) is 1.40. The summed E-state index contributed by atoms with van der Waals surface area (Å²) in [6.45, 7) is 3.42. The molecular weight excluding hydrogens is 321 g/mol. The highest BCUT2D eigenvalue weighted by Gasteiger charge is 2.27. The van der Waals surface area contributed by atoms with Crippen LogP contribution in [0.4, 0.5) is 10.1 Å². The van der Waals surface area contributed by atoms with Crippen molar-refractivity contribution in [3.05, 3.63) is 63.9 Å². The molecule has 2 N–H and O–H groups in total. The second-order valence-corrected chi connectivity index (χ2v) is 5.91. The van der Waals surface area contributed by atoms with Crippen molar-refractivity contribution in [3.8, 4) is 0 Å². The van der Waals surface area contributed by atoms with Gasteiger partial charge in [0.05, 0.1) is 12.1 Å². The van der Waals surface area contributed by atoms with Crippen LogP contribution in [-0.2, 0) is 5.54 Å². The lowest BCUT2D eigenvalue weighted by Gasteiger charge is -2.31. The third-order valence-corrected chi connectivity index (χ3v) is 4.10. The molecule has 0 heterocycles. The van der Waals surface area contributed by atoms with E-state index in [2.05, 4.69) is 21.2 Å². The zero-order valence-corrected chi connectivity index (χ0v) is 13.0. The van der Waals surface area contributed by atoms with E-state index in [4.69, 9.17) is 0 Å². The fraction of sp³-hybridized carbons (Fsp3) is 0.250. The number of hydrogen-bond donors (Lipinski definition) is 2. The molecular formula is C16H17BrFNO. The summed E-state index contributed by atoms with van der Waals surface area (Å²) in [5, 5.41) is 13.0. The van der Waals surface area contributed by atoms with Crippen LogP contribution in [0.5, 0.6) is 0 Å². The minimum Gasteiger partial charge on any atom is -0.394 e. The number of para-hydroxylation sites is 1. The van der Waals surface area contributed by atoms with Crippen LogP contribution >= 0.6 is 15.9 Å². The van der Waals surface area contributed by atoms with Gasteiger partial charge in [-0.05, 0) is 59.1 Å². The molecule has 0 aliphatic rings. The van der Waals surface area contributed by atoms with Crippen molar-refractivity contribution in [1.82, 2.24) is 0 Å². The van der Waals surface area contributed by atoms with Crippen molar-refractivity contribution >= 4 is 21.6 Å². The molecule has 0 radical (unpaired) electrons. The molecule has 1 unspecified atom stereocenters. The number of aliphatic hydroxyl groups excluding tert-OH is 1. The smallest absolute Gasteiger partial charge is 0.126 e. The van der Waals surface area contributed by atoms with Crippen molar-refractivity contribution in [2.75, 3.05) is 11.9 Å². The van der Waals surface area contributed by atoms with Gasteiger partial charge in [0.1, 0.15) is 5.82 Å². The molecule has 20 heavy (non-hydrogen) atoms. The van der Waals surface area contributed by atoms with Crippen LogP contribution in [0.15, 0.2) is 46.9 Å². The lowest BCUT2D eigenvalue weighted by molar-refractivity contribution is 0.223. The Morgan fingerprint density at radius 3 is 2.55 bits per heavy atom. The second-order valence-electron chi connectivity index (χ2n) is 5.06. The van der Waals surface area contributed by atoms with Gasteiger partial charge < -0.3 is 10.4 Å². The standard InChI is InChI=1S/C16H17BrFNO/c1-11-7-8-12(9-14(11)18)16(2,10-20)19-15-6-4-3-5-13(15)17/h3-9,19-20H,10H2,1-2H3. The molecule has 0 aromatic heterocycles. The number of benzene rings is 2. The van der Waals surface area contributed by atoms with Crippen LogP contribution < -0.4 is 5.32 Å². The van der Waals surface area contributed by atoms with Gasteiger partial charge in [-0.2, -0.15) is 0 Å². The van der Waals surface area contributed by atoms with Crippen LogP contribution in [-0.4, -0.2) is 11.7 Å². The molecule has 0 saturated carbocycles. The SMILES string of the molecule is Cc1ccc(C(C)(CO)Nc2ccccc2Br)cc1F. The van der Waals surface area contributed by atoms with Crippen molar-refractivity contribution in [2.45, 2.75) is 19.4 Å². The Morgan fingerprint density at radius 1 is 1.25 bits per heavy atom. The Balaban J connectivity index is 2.38. The van der Waals surface area contributed by atoms with Gasteiger partial charge in [0.2, 0.25) is 0 Å². The van der Waals surface area contributed by atoms with E-state index in [1.165, 1.54) is 6.07 Å². The Hall–Kier alpha value is -1.39. The average molecular weight is 338 g/mol. The van der Waals surface area contributed by atoms with Gasteiger partial charge in [-0.1, -0.05) is 24.3 Å². The van der Waals surface area contributed by atoms with E-state index in [-0.39, 0.29) is 12.4 Å². The first kappa shape index (κ1) is 15.0. The van der Waals surface area contributed by atoms with Gasteiger partial charge in [-0.15, -0.1) is 0 Å². The van der Waals surface area contributed by atoms with Gasteiger partial charge in [0, 0.05) is 10.2 Å². The summed E-state index contributed by atoms with van der Waals surface area (Å²) in [4.78, 5) is 0. The predicted molar refractivity (Wildman–Crippen MR) is 83.3 cm³/mol. The quantitative estimate of drug-likeness (QED) is 0.875. The first-order chi connectivity index (χ1) is 9.46. The van der Waals surface area contributed by atoms with Crippen molar-refractivity contribution in [2.24, 2.45) is 0 Å². The third-order valence-electron chi connectivity index (χ3n) is 3.41. The molecule has 2 aromatic carbocycles. The Morgan fingerprint density at radius 2 is 1.95 bits per heavy atom. The number of aliphatic hydroxyl groups is 1. The minimum absolute atomic E-state index is 0.142. The molecule has 0 spiro atoms. The zero-order valence-electron chi connectivity index (χ0n) is 11.5. The maximum absolute atomic E-state index is 13.7. The number of anilines is 1. The van der Waals surface area contributed by atoms with Crippen LogP contribution in [0, 0.1) is 12.7 Å². The van der Waals surface area contributed by atoms with E-state index >= 15 is 0 Å². The Kier molecular flexibility index (Phi) is 4.45. The van der Waals surface area contributed by atoms with Crippen LogP contribution in [0.25, 0.3) is 0 Å². The molecule has 0 saturated heterocycles. The third kappa shape index (κ3) is 3.02. The maximum atomic E-state index is 13.7. The minimum atomic E-state index is -0.752. The normalized spacial score (nSPS) is 13.8. The topological polar surface area (TPSA) is 32.3 Å². The summed E-state index contributed by atoms with van der Waals surface area (Å²) in [7, 11) is 0. The highest BCUT2D eigenvalue weighted by atomic mass is 79.9. The molecule has 0 aliphatic heterocycles. The predicted octanol–water partition coefficient (Wildman–Crippen LogP) is 4.22. The van der Waals surface area contributed by atoms with E-state index in [0.29, 0.717) is 11.1 Å². The summed E-state index contributed by atoms with van der Waals surface area (Å²) < 4.78 is 14.6. The highest BCUT2D eigenvalue weighted by Crippen LogP contribution is 2.30. The van der Waals surface area contributed by atoms with Gasteiger partial charge in [0.15, 0.2) is 0 Å². The molecule has 0 fully saturated rings. The van der Waals surface area contributed by atoms with E-state index < -0.39 is 5.54 Å². The Labute approximate surface area is 126 Å². The Bertz CT molecular complexity index is 617. The molecule has 4 heteroatoms. The largest absolute Gasteiger partial charge is 0.394 e. The van der Waals surface area contributed by atoms with Crippen LogP contribution in [0.1, 0.15) is 18.1 Å². The fourth-order valence-corrected chi connectivity index (χ4v) is 2.38. The van der Waals surface area contributed by atoms with Crippen LogP contribution in [0.3, 0.4) is 0 Å². The summed E-state index contributed by atoms with van der Waals surface area (Å²) >= 11 is 3.46. The molecule has 0 bridgehead atoms. The molecule has 0 amide bonds. The lowest BCUT2D eigenvalue weighted by atomic mass is 9.91. The zero-order chi connectivity index (χ0) is 14.8. The van der Waals surface area contributed by atoms with E-state index in [0.717, 1.165) is 10.2 Å². The molecule has 2 rings (SSSR count).